The minimum Gasteiger partial charge on any atom is -0.478 e. The first kappa shape index (κ1) is 15.0. The van der Waals surface area contributed by atoms with Crippen molar-refractivity contribution in [2.24, 2.45) is 5.92 Å². The zero-order chi connectivity index (χ0) is 15.4. The van der Waals surface area contributed by atoms with Gasteiger partial charge < -0.3 is 15.3 Å². The monoisotopic (exact) mass is 290 g/mol. The van der Waals surface area contributed by atoms with Crippen molar-refractivity contribution in [2.45, 2.75) is 19.8 Å². The second-order valence-electron chi connectivity index (χ2n) is 5.16. The predicted octanol–water partition coefficient (Wildman–Crippen LogP) is 1.58. The molecule has 1 saturated heterocycles. The molecule has 0 unspecified atom stereocenters. The smallest absolute Gasteiger partial charge is 0.335 e. The number of carbonyl (C=O) groups is 3. The molecule has 2 N–H and O–H groups in total. The third-order valence-electron chi connectivity index (χ3n) is 3.69. The van der Waals surface area contributed by atoms with Crippen LogP contribution < -0.4 is 5.32 Å². The van der Waals surface area contributed by atoms with Crippen LogP contribution in [0.4, 0.5) is 5.69 Å². The maximum atomic E-state index is 12.2. The van der Waals surface area contributed by atoms with Crippen LogP contribution in [0.3, 0.4) is 0 Å². The Morgan fingerprint density at radius 2 is 1.90 bits per heavy atom. The van der Waals surface area contributed by atoms with E-state index in [0.29, 0.717) is 31.6 Å². The van der Waals surface area contributed by atoms with E-state index in [9.17, 15) is 14.4 Å². The summed E-state index contributed by atoms with van der Waals surface area (Å²) in [7, 11) is 0. The lowest BCUT2D eigenvalue weighted by atomic mass is 9.95. The standard InChI is InChI=1S/C15H18N2O4/c1-10(18)17-7-5-11(6-8-17)14(19)16-13-4-2-3-12(9-13)15(20)21/h2-4,9,11H,5-8H2,1H3,(H,16,19)(H,20,21). The van der Waals surface area contributed by atoms with Gasteiger partial charge in [0.15, 0.2) is 0 Å². The zero-order valence-electron chi connectivity index (χ0n) is 11.8. The Hall–Kier alpha value is -2.37. The SMILES string of the molecule is CC(=O)N1CCC(C(=O)Nc2cccc(C(=O)O)c2)CC1. The first-order valence-corrected chi connectivity index (χ1v) is 6.87. The summed E-state index contributed by atoms with van der Waals surface area (Å²) in [6.45, 7) is 2.70. The van der Waals surface area contributed by atoms with E-state index in [1.165, 1.54) is 19.1 Å². The fourth-order valence-electron chi connectivity index (χ4n) is 2.43. The molecule has 6 nitrogen and oxygen atoms in total. The van der Waals surface area contributed by atoms with Gasteiger partial charge in [0.2, 0.25) is 11.8 Å². The summed E-state index contributed by atoms with van der Waals surface area (Å²) in [5.74, 6) is -1.27. The molecule has 2 amide bonds. The topological polar surface area (TPSA) is 86.7 Å². The van der Waals surface area contributed by atoms with E-state index in [1.54, 1.807) is 17.0 Å². The van der Waals surface area contributed by atoms with Crippen LogP contribution in [0.25, 0.3) is 0 Å². The number of rotatable bonds is 3. The highest BCUT2D eigenvalue weighted by atomic mass is 16.4. The van der Waals surface area contributed by atoms with Crippen molar-refractivity contribution < 1.29 is 19.5 Å². The molecule has 1 aliphatic rings. The molecule has 6 heteroatoms. The lowest BCUT2D eigenvalue weighted by molar-refractivity contribution is -0.132. The maximum absolute atomic E-state index is 12.2. The van der Waals surface area contributed by atoms with Gasteiger partial charge in [0.25, 0.3) is 0 Å². The average Bonchev–Trinajstić information content (AvgIpc) is 2.47. The van der Waals surface area contributed by atoms with Gasteiger partial charge in [-0.05, 0) is 31.0 Å². The van der Waals surface area contributed by atoms with Gasteiger partial charge in [0.05, 0.1) is 5.56 Å². The predicted molar refractivity (Wildman–Crippen MR) is 77.0 cm³/mol. The highest BCUT2D eigenvalue weighted by Gasteiger charge is 2.26. The van der Waals surface area contributed by atoms with Crippen LogP contribution in [0.15, 0.2) is 24.3 Å². The number of carboxylic acid groups (broad SMARTS) is 1. The van der Waals surface area contributed by atoms with E-state index in [-0.39, 0.29) is 23.3 Å². The van der Waals surface area contributed by atoms with Gasteiger partial charge in [-0.25, -0.2) is 4.79 Å². The van der Waals surface area contributed by atoms with Crippen molar-refractivity contribution in [3.05, 3.63) is 29.8 Å². The number of hydrogen-bond acceptors (Lipinski definition) is 3. The van der Waals surface area contributed by atoms with Gasteiger partial charge in [-0.3, -0.25) is 9.59 Å². The van der Waals surface area contributed by atoms with Crippen LogP contribution in [0.2, 0.25) is 0 Å². The van der Waals surface area contributed by atoms with E-state index in [4.69, 9.17) is 5.11 Å². The van der Waals surface area contributed by atoms with Crippen molar-refractivity contribution in [1.29, 1.82) is 0 Å². The molecule has 2 rings (SSSR count). The summed E-state index contributed by atoms with van der Waals surface area (Å²) < 4.78 is 0. The molecule has 0 atom stereocenters. The van der Waals surface area contributed by atoms with Crippen LogP contribution >= 0.6 is 0 Å². The van der Waals surface area contributed by atoms with Gasteiger partial charge in [-0.15, -0.1) is 0 Å². The minimum atomic E-state index is -1.03. The lowest BCUT2D eigenvalue weighted by Crippen LogP contribution is -2.40. The zero-order valence-corrected chi connectivity index (χ0v) is 11.8. The van der Waals surface area contributed by atoms with Crippen molar-refractivity contribution in [1.82, 2.24) is 4.90 Å². The molecule has 0 aliphatic carbocycles. The molecule has 1 fully saturated rings. The molecule has 1 aromatic carbocycles. The van der Waals surface area contributed by atoms with Crippen LogP contribution in [-0.2, 0) is 9.59 Å². The first-order valence-electron chi connectivity index (χ1n) is 6.87. The van der Waals surface area contributed by atoms with Crippen LogP contribution in [0.1, 0.15) is 30.1 Å². The van der Waals surface area contributed by atoms with Gasteiger partial charge in [0, 0.05) is 31.6 Å². The van der Waals surface area contributed by atoms with Crippen molar-refractivity contribution >= 4 is 23.5 Å². The summed E-state index contributed by atoms with van der Waals surface area (Å²) in [5, 5.41) is 11.7. The molecule has 112 valence electrons. The van der Waals surface area contributed by atoms with Crippen molar-refractivity contribution in [3.63, 3.8) is 0 Å². The highest BCUT2D eigenvalue weighted by molar-refractivity contribution is 5.95. The molecule has 21 heavy (non-hydrogen) atoms. The Morgan fingerprint density at radius 3 is 2.48 bits per heavy atom. The van der Waals surface area contributed by atoms with E-state index in [2.05, 4.69) is 5.32 Å². The molecule has 1 aromatic rings. The summed E-state index contributed by atoms with van der Waals surface area (Å²) in [4.78, 5) is 36.0. The minimum absolute atomic E-state index is 0.0306. The van der Waals surface area contributed by atoms with Gasteiger partial charge in [0.1, 0.15) is 0 Å². The summed E-state index contributed by atoms with van der Waals surface area (Å²) in [6.07, 6.45) is 1.26. The van der Waals surface area contributed by atoms with E-state index >= 15 is 0 Å². The van der Waals surface area contributed by atoms with Gasteiger partial charge in [-0.1, -0.05) is 6.07 Å². The molecular formula is C15H18N2O4. The number of amides is 2. The number of piperidine rings is 1. The summed E-state index contributed by atoms with van der Waals surface area (Å²) >= 11 is 0. The first-order chi connectivity index (χ1) is 9.97. The Bertz CT molecular complexity index is 563. The molecule has 0 aromatic heterocycles. The van der Waals surface area contributed by atoms with Crippen LogP contribution in [0.5, 0.6) is 0 Å². The highest BCUT2D eigenvalue weighted by Crippen LogP contribution is 2.20. The Kier molecular flexibility index (Phi) is 4.57. The third kappa shape index (κ3) is 3.81. The fraction of sp³-hybridized carbons (Fsp3) is 0.400. The molecule has 0 bridgehead atoms. The number of nitrogens with one attached hydrogen (secondary N) is 1. The molecule has 1 heterocycles. The Balaban J connectivity index is 1.95. The molecule has 0 spiro atoms. The number of nitrogens with zero attached hydrogens (tertiary/aromatic N) is 1. The Labute approximate surface area is 122 Å². The Morgan fingerprint density at radius 1 is 1.24 bits per heavy atom. The number of benzene rings is 1. The average molecular weight is 290 g/mol. The van der Waals surface area contributed by atoms with Gasteiger partial charge in [-0.2, -0.15) is 0 Å². The fourth-order valence-corrected chi connectivity index (χ4v) is 2.43. The second-order valence-corrected chi connectivity index (χ2v) is 5.16. The van der Waals surface area contributed by atoms with Crippen molar-refractivity contribution in [2.75, 3.05) is 18.4 Å². The summed E-state index contributed by atoms with van der Waals surface area (Å²) in [6, 6.07) is 6.17. The van der Waals surface area contributed by atoms with Crippen LogP contribution in [-0.4, -0.2) is 40.9 Å². The van der Waals surface area contributed by atoms with E-state index < -0.39 is 5.97 Å². The number of anilines is 1. The van der Waals surface area contributed by atoms with Crippen LogP contribution in [0, 0.1) is 5.92 Å². The van der Waals surface area contributed by atoms with E-state index in [0.717, 1.165) is 0 Å². The maximum Gasteiger partial charge on any atom is 0.335 e. The quantitative estimate of drug-likeness (QED) is 0.885. The van der Waals surface area contributed by atoms with Gasteiger partial charge >= 0.3 is 5.97 Å². The normalized spacial score (nSPS) is 15.6. The summed E-state index contributed by atoms with van der Waals surface area (Å²) in [5.41, 5.74) is 0.619. The number of likely N-dealkylation sites (tertiary alicyclic amines) is 1. The van der Waals surface area contributed by atoms with E-state index in [1.807, 2.05) is 0 Å². The molecule has 0 saturated carbocycles. The van der Waals surface area contributed by atoms with Crippen molar-refractivity contribution in [3.8, 4) is 0 Å². The molecule has 0 radical (unpaired) electrons. The number of aromatic carboxylic acids is 1. The lowest BCUT2D eigenvalue weighted by Gasteiger charge is -2.30. The molecular weight excluding hydrogens is 272 g/mol. The number of carbonyl (C=O) groups excluding carboxylic acids is 2. The third-order valence-corrected chi connectivity index (χ3v) is 3.69. The molecule has 1 aliphatic heterocycles. The number of carboxylic acids is 1. The number of hydrogen-bond donors (Lipinski definition) is 2. The second kappa shape index (κ2) is 6.39. The largest absolute Gasteiger partial charge is 0.478 e.